The van der Waals surface area contributed by atoms with Crippen molar-refractivity contribution >= 4 is 0 Å². The molecule has 2 atom stereocenters. The molecule has 0 saturated carbocycles. The fourth-order valence-corrected chi connectivity index (χ4v) is 2.59. The largest absolute Gasteiger partial charge is 0.330 e. The third-order valence-electron chi connectivity index (χ3n) is 3.45. The number of nitrogens with one attached hydrogen (secondary N) is 1. The van der Waals surface area contributed by atoms with Crippen molar-refractivity contribution in [2.75, 3.05) is 19.6 Å². The van der Waals surface area contributed by atoms with E-state index in [1.165, 1.54) is 18.5 Å². The standard InChI is InChI=1S/C13H21N3/c14-7-3-4-11-10-15-9-6-12(11)13-5-1-2-8-16-13/h1-2,5,8,11-12,15H,3-4,6-7,9-10,14H2. The molecule has 2 heterocycles. The summed E-state index contributed by atoms with van der Waals surface area (Å²) in [7, 11) is 0. The van der Waals surface area contributed by atoms with Gasteiger partial charge < -0.3 is 11.1 Å². The van der Waals surface area contributed by atoms with Crippen LogP contribution in [0, 0.1) is 5.92 Å². The summed E-state index contributed by atoms with van der Waals surface area (Å²) in [5, 5.41) is 3.47. The lowest BCUT2D eigenvalue weighted by molar-refractivity contribution is 0.300. The maximum Gasteiger partial charge on any atom is 0.0438 e. The lowest BCUT2D eigenvalue weighted by atomic mass is 9.81. The minimum atomic E-state index is 0.619. The molecule has 88 valence electrons. The van der Waals surface area contributed by atoms with E-state index in [2.05, 4.69) is 22.4 Å². The van der Waals surface area contributed by atoms with Gasteiger partial charge in [-0.3, -0.25) is 4.98 Å². The molecule has 0 spiro atoms. The van der Waals surface area contributed by atoms with Gasteiger partial charge in [-0.1, -0.05) is 6.07 Å². The highest BCUT2D eigenvalue weighted by Gasteiger charge is 2.26. The van der Waals surface area contributed by atoms with Crippen molar-refractivity contribution in [1.29, 1.82) is 0 Å². The number of nitrogens with two attached hydrogens (primary N) is 1. The molecular weight excluding hydrogens is 198 g/mol. The van der Waals surface area contributed by atoms with Crippen molar-refractivity contribution in [3.8, 4) is 0 Å². The molecule has 3 nitrogen and oxygen atoms in total. The molecular formula is C13H21N3. The van der Waals surface area contributed by atoms with Crippen molar-refractivity contribution in [1.82, 2.24) is 10.3 Å². The Morgan fingerprint density at radius 3 is 3.12 bits per heavy atom. The third-order valence-corrected chi connectivity index (χ3v) is 3.45. The van der Waals surface area contributed by atoms with Gasteiger partial charge in [0, 0.05) is 17.8 Å². The van der Waals surface area contributed by atoms with Crippen molar-refractivity contribution < 1.29 is 0 Å². The van der Waals surface area contributed by atoms with Crippen LogP contribution in [0.4, 0.5) is 0 Å². The van der Waals surface area contributed by atoms with E-state index in [-0.39, 0.29) is 0 Å². The fraction of sp³-hybridized carbons (Fsp3) is 0.615. The van der Waals surface area contributed by atoms with Crippen molar-refractivity contribution in [2.24, 2.45) is 11.7 Å². The molecule has 3 heteroatoms. The Labute approximate surface area is 97.5 Å². The van der Waals surface area contributed by atoms with Gasteiger partial charge in [-0.05, 0) is 56.9 Å². The molecule has 2 unspecified atom stereocenters. The Hall–Kier alpha value is -0.930. The molecule has 0 aromatic carbocycles. The van der Waals surface area contributed by atoms with Gasteiger partial charge in [-0.2, -0.15) is 0 Å². The summed E-state index contributed by atoms with van der Waals surface area (Å²) in [6, 6.07) is 6.23. The van der Waals surface area contributed by atoms with Gasteiger partial charge >= 0.3 is 0 Å². The summed E-state index contributed by atoms with van der Waals surface area (Å²) in [4.78, 5) is 4.50. The van der Waals surface area contributed by atoms with E-state index in [4.69, 9.17) is 5.73 Å². The lowest BCUT2D eigenvalue weighted by Crippen LogP contribution is -2.36. The number of hydrogen-bond donors (Lipinski definition) is 2. The van der Waals surface area contributed by atoms with Gasteiger partial charge in [0.05, 0.1) is 0 Å². The van der Waals surface area contributed by atoms with Gasteiger partial charge in [0.15, 0.2) is 0 Å². The summed E-state index contributed by atoms with van der Waals surface area (Å²) < 4.78 is 0. The van der Waals surface area contributed by atoms with Gasteiger partial charge in [0.2, 0.25) is 0 Å². The van der Waals surface area contributed by atoms with Gasteiger partial charge in [-0.25, -0.2) is 0 Å². The van der Waals surface area contributed by atoms with E-state index in [0.29, 0.717) is 11.8 Å². The highest BCUT2D eigenvalue weighted by molar-refractivity contribution is 5.12. The molecule has 1 aliphatic heterocycles. The molecule has 1 fully saturated rings. The highest BCUT2D eigenvalue weighted by Crippen LogP contribution is 2.31. The van der Waals surface area contributed by atoms with Crippen molar-refractivity contribution in [3.63, 3.8) is 0 Å². The van der Waals surface area contributed by atoms with Gasteiger partial charge in [0.25, 0.3) is 0 Å². The van der Waals surface area contributed by atoms with E-state index in [9.17, 15) is 0 Å². The molecule has 0 amide bonds. The van der Waals surface area contributed by atoms with E-state index in [1.807, 2.05) is 12.3 Å². The molecule has 1 aromatic heterocycles. The zero-order chi connectivity index (χ0) is 11.2. The van der Waals surface area contributed by atoms with Gasteiger partial charge in [-0.15, -0.1) is 0 Å². The first kappa shape index (κ1) is 11.6. The maximum absolute atomic E-state index is 5.59. The van der Waals surface area contributed by atoms with Gasteiger partial charge in [0.1, 0.15) is 0 Å². The highest BCUT2D eigenvalue weighted by atomic mass is 14.9. The quantitative estimate of drug-likeness (QED) is 0.807. The molecule has 0 aliphatic carbocycles. The zero-order valence-electron chi connectivity index (χ0n) is 9.73. The second-order valence-corrected chi connectivity index (χ2v) is 4.54. The molecule has 0 radical (unpaired) electrons. The van der Waals surface area contributed by atoms with Crippen molar-refractivity contribution in [3.05, 3.63) is 30.1 Å². The molecule has 1 saturated heterocycles. The minimum Gasteiger partial charge on any atom is -0.330 e. The van der Waals surface area contributed by atoms with Crippen LogP contribution in [-0.2, 0) is 0 Å². The molecule has 0 bridgehead atoms. The van der Waals surface area contributed by atoms with Crippen LogP contribution in [-0.4, -0.2) is 24.6 Å². The fourth-order valence-electron chi connectivity index (χ4n) is 2.59. The molecule has 3 N–H and O–H groups in total. The minimum absolute atomic E-state index is 0.619. The van der Waals surface area contributed by atoms with E-state index >= 15 is 0 Å². The number of piperidine rings is 1. The smallest absolute Gasteiger partial charge is 0.0438 e. The Morgan fingerprint density at radius 1 is 1.44 bits per heavy atom. The molecule has 16 heavy (non-hydrogen) atoms. The monoisotopic (exact) mass is 219 g/mol. The topological polar surface area (TPSA) is 50.9 Å². The number of pyridine rings is 1. The first-order valence-corrected chi connectivity index (χ1v) is 6.23. The summed E-state index contributed by atoms with van der Waals surface area (Å²) in [5.74, 6) is 1.32. The summed E-state index contributed by atoms with van der Waals surface area (Å²) in [6.45, 7) is 3.02. The number of aromatic nitrogens is 1. The number of rotatable bonds is 4. The first-order chi connectivity index (χ1) is 7.92. The summed E-state index contributed by atoms with van der Waals surface area (Å²) in [5.41, 5.74) is 6.85. The third kappa shape index (κ3) is 2.80. The summed E-state index contributed by atoms with van der Waals surface area (Å²) >= 11 is 0. The predicted molar refractivity (Wildman–Crippen MR) is 66.2 cm³/mol. The lowest BCUT2D eigenvalue weighted by Gasteiger charge is -2.31. The van der Waals surface area contributed by atoms with Crippen LogP contribution in [0.15, 0.2) is 24.4 Å². The maximum atomic E-state index is 5.59. The molecule has 1 aliphatic rings. The zero-order valence-corrected chi connectivity index (χ0v) is 9.73. The normalized spacial score (nSPS) is 25.6. The predicted octanol–water partition coefficient (Wildman–Crippen LogP) is 1.51. The van der Waals surface area contributed by atoms with Crippen LogP contribution < -0.4 is 11.1 Å². The number of nitrogens with zero attached hydrogens (tertiary/aromatic N) is 1. The molecule has 1 aromatic rings. The molecule has 2 rings (SSSR count). The Balaban J connectivity index is 2.04. The van der Waals surface area contributed by atoms with E-state index in [0.717, 1.165) is 26.1 Å². The van der Waals surface area contributed by atoms with Crippen LogP contribution >= 0.6 is 0 Å². The first-order valence-electron chi connectivity index (χ1n) is 6.23. The van der Waals surface area contributed by atoms with Crippen molar-refractivity contribution in [2.45, 2.75) is 25.2 Å². The number of hydrogen-bond acceptors (Lipinski definition) is 3. The average Bonchev–Trinajstić information content (AvgIpc) is 2.38. The second kappa shape index (κ2) is 5.97. The average molecular weight is 219 g/mol. The van der Waals surface area contributed by atoms with E-state index in [1.54, 1.807) is 0 Å². The van der Waals surface area contributed by atoms with Crippen LogP contribution in [0.1, 0.15) is 30.9 Å². The SMILES string of the molecule is NCCCC1CNCCC1c1ccccn1. The van der Waals surface area contributed by atoms with Crippen LogP contribution in [0.2, 0.25) is 0 Å². The van der Waals surface area contributed by atoms with Crippen LogP contribution in [0.5, 0.6) is 0 Å². The Kier molecular flexibility index (Phi) is 4.31. The van der Waals surface area contributed by atoms with Crippen LogP contribution in [0.3, 0.4) is 0 Å². The Morgan fingerprint density at radius 2 is 2.38 bits per heavy atom. The van der Waals surface area contributed by atoms with E-state index < -0.39 is 0 Å². The second-order valence-electron chi connectivity index (χ2n) is 4.54. The van der Waals surface area contributed by atoms with Crippen LogP contribution in [0.25, 0.3) is 0 Å². The Bertz CT molecular complexity index is 299. The summed E-state index contributed by atoms with van der Waals surface area (Å²) in [6.07, 6.45) is 5.43.